The number of nitrogens with two attached hydrogens (primary N) is 2. The van der Waals surface area contributed by atoms with Crippen molar-refractivity contribution in [2.24, 2.45) is 11.5 Å². The SMILES string of the molecule is C[C@@H](O)[C@H](NC(=O)CNC(=O)[C@H](CCC(=O)O)NC(=O)[C@]1(C)CCCN1C(=O)[C@@H](N)Cc1c[nH]cn1)C(=O)NC(C)(Cc1ccccc1F)C(=O)N[C@H](C(=O)N[C@@H](CO)C(=O)N[C@@H](CC(=O)O)C(=O)N[C@@H](Cc1ccc(-c2ccccc2)cc1)C(=O)NC(C)(Cc1ccc(-c2ccccc2)cc1)C(N)=O)[C@@H](C)O. The van der Waals surface area contributed by atoms with Crippen molar-refractivity contribution in [1.29, 1.82) is 0 Å². The summed E-state index contributed by atoms with van der Waals surface area (Å²) in [6.07, 6.45) is -3.73. The summed E-state index contributed by atoms with van der Waals surface area (Å²) >= 11 is 0. The molecule has 0 saturated carbocycles. The van der Waals surface area contributed by atoms with Gasteiger partial charge < -0.3 is 94.7 Å². The number of carbonyl (C=O) groups is 13. The number of likely N-dealkylation sites (tertiary alicyclic amines) is 1. The van der Waals surface area contributed by atoms with Gasteiger partial charge in [0.05, 0.1) is 49.8 Å². The van der Waals surface area contributed by atoms with Crippen LogP contribution in [0.5, 0.6) is 0 Å². The Morgan fingerprint density at radius 3 is 1.69 bits per heavy atom. The molecule has 6 aromatic rings. The van der Waals surface area contributed by atoms with Gasteiger partial charge in [0.1, 0.15) is 58.7 Å². The van der Waals surface area contributed by atoms with Crippen LogP contribution in [-0.2, 0) is 88.0 Å². The van der Waals surface area contributed by atoms with E-state index in [-0.39, 0.29) is 37.8 Å². The number of aliphatic hydroxyl groups excluding tert-OH is 3. The lowest BCUT2D eigenvalue weighted by Gasteiger charge is -2.36. The zero-order chi connectivity index (χ0) is 79.2. The van der Waals surface area contributed by atoms with Crippen LogP contribution in [0, 0.1) is 5.82 Å². The number of amides is 11. The average Bonchev–Trinajstić information content (AvgIpc) is 1.60. The monoisotopic (exact) mass is 1490 g/mol. The van der Waals surface area contributed by atoms with E-state index >= 15 is 4.39 Å². The molecule has 12 atom stereocenters. The van der Waals surface area contributed by atoms with Gasteiger partial charge in [-0.1, -0.05) is 127 Å². The Bertz CT molecular complexity index is 4200. The summed E-state index contributed by atoms with van der Waals surface area (Å²) in [6, 6.07) is 25.0. The molecule has 1 saturated heterocycles. The summed E-state index contributed by atoms with van der Waals surface area (Å²) < 4.78 is 15.5. The van der Waals surface area contributed by atoms with E-state index in [1.807, 2.05) is 72.8 Å². The Labute approximate surface area is 620 Å². The molecule has 0 radical (unpaired) electrons. The number of H-pyrrole nitrogens is 1. The molecular formula is C75H91FN14O18. The van der Waals surface area contributed by atoms with E-state index in [2.05, 4.69) is 57.8 Å². The van der Waals surface area contributed by atoms with Crippen LogP contribution in [-0.4, -0.2) is 208 Å². The fourth-order valence-electron chi connectivity index (χ4n) is 12.2. The van der Waals surface area contributed by atoms with Gasteiger partial charge in [0, 0.05) is 44.8 Å². The molecule has 0 aliphatic carbocycles. The Morgan fingerprint density at radius 1 is 0.602 bits per heavy atom. The van der Waals surface area contributed by atoms with Gasteiger partial charge in [-0.2, -0.15) is 0 Å². The summed E-state index contributed by atoms with van der Waals surface area (Å²) in [5, 5.41) is 73.2. The summed E-state index contributed by atoms with van der Waals surface area (Å²) in [7, 11) is 0. The van der Waals surface area contributed by atoms with Gasteiger partial charge in [0.2, 0.25) is 65.0 Å². The average molecular weight is 1500 g/mol. The van der Waals surface area contributed by atoms with E-state index in [0.29, 0.717) is 23.2 Å². The number of benzene rings is 5. The standard InChI is InChI=1S/C75H91FN14O18/c1-42(92)61(87-71(107)74(4,37-50-19-12-13-20-52(50)76)89-68(104)62(43(2)93)86-58(94)39-80-63(99)54(29-30-59(95)96)85-72(108)75(5)31-14-32-90(75)69(105)53(77)34-51-38-79-41-81-51)67(103)84-57(40-91)65(101)83-56(35-60(97)98)64(100)82-55(33-44-21-25-48(26-22-44)46-15-8-6-9-16-46)66(102)88-73(3,70(78)106)36-45-23-27-49(28-24-45)47-17-10-7-11-18-47/h6-13,15-28,38,41-43,53-57,61-62,91-93H,14,29-37,39-40,77H2,1-5H3,(H2,78,106)(H,79,81)(H,80,99)(H,82,100)(H,83,101)(H,84,103)(H,85,108)(H,86,94)(H,87,107)(H,88,102)(H,89,104)(H,95,96)(H,97,98)/t42-,43-,53+,54+,55+,56+,57+,61+,62+,73?,74?,75+/m1/s1. The first-order chi connectivity index (χ1) is 51.1. The van der Waals surface area contributed by atoms with Crippen LogP contribution in [0.4, 0.5) is 4.39 Å². The minimum Gasteiger partial charge on any atom is -0.481 e. The van der Waals surface area contributed by atoms with Crippen molar-refractivity contribution in [3.63, 3.8) is 0 Å². The molecule has 1 fully saturated rings. The van der Waals surface area contributed by atoms with Gasteiger partial charge in [-0.15, -0.1) is 0 Å². The molecular weight excluding hydrogens is 1400 g/mol. The van der Waals surface area contributed by atoms with Crippen molar-refractivity contribution >= 4 is 76.9 Å². The van der Waals surface area contributed by atoms with Gasteiger partial charge in [-0.25, -0.2) is 9.37 Å². The molecule has 19 N–H and O–H groups in total. The molecule has 33 heteroatoms. The van der Waals surface area contributed by atoms with E-state index in [9.17, 15) is 87.9 Å². The number of carboxylic acid groups (broad SMARTS) is 2. The van der Waals surface area contributed by atoms with Crippen molar-refractivity contribution in [2.75, 3.05) is 19.7 Å². The van der Waals surface area contributed by atoms with Gasteiger partial charge >= 0.3 is 11.9 Å². The molecule has 2 heterocycles. The minimum absolute atomic E-state index is 0.0301. The molecule has 32 nitrogen and oxygen atoms in total. The smallest absolute Gasteiger partial charge is 0.305 e. The molecule has 11 amide bonds. The number of aromatic nitrogens is 2. The number of aliphatic carboxylic acids is 2. The first-order valence-corrected chi connectivity index (χ1v) is 34.7. The van der Waals surface area contributed by atoms with E-state index in [1.165, 1.54) is 43.3 Å². The van der Waals surface area contributed by atoms with Crippen LogP contribution in [0.25, 0.3) is 22.3 Å². The maximum atomic E-state index is 15.5. The summed E-state index contributed by atoms with van der Waals surface area (Å²) in [5.41, 5.74) is 11.1. The third-order valence-electron chi connectivity index (χ3n) is 18.4. The van der Waals surface area contributed by atoms with E-state index in [1.54, 1.807) is 42.6 Å². The Morgan fingerprint density at radius 2 is 1.14 bits per heavy atom. The number of imidazole rings is 1. The third-order valence-corrected chi connectivity index (χ3v) is 18.4. The molecule has 576 valence electrons. The van der Waals surface area contributed by atoms with Crippen molar-refractivity contribution in [1.82, 2.24) is 62.7 Å². The summed E-state index contributed by atoms with van der Waals surface area (Å²) in [6.45, 7) is 3.79. The molecule has 1 aromatic heterocycles. The Hall–Kier alpha value is -11.8. The molecule has 5 aromatic carbocycles. The number of hydrogen-bond donors (Lipinski definition) is 17. The first kappa shape index (κ1) is 83.5. The second kappa shape index (κ2) is 37.9. The van der Waals surface area contributed by atoms with Crippen LogP contribution < -0.4 is 59.3 Å². The molecule has 1 aliphatic heterocycles. The lowest BCUT2D eigenvalue weighted by Crippen LogP contribution is -2.67. The molecule has 108 heavy (non-hydrogen) atoms. The normalized spacial score (nSPS) is 16.9. The lowest BCUT2D eigenvalue weighted by atomic mass is 9.90. The molecule has 2 unspecified atom stereocenters. The number of rotatable bonds is 38. The van der Waals surface area contributed by atoms with Gasteiger partial charge in [0.15, 0.2) is 0 Å². The van der Waals surface area contributed by atoms with Crippen molar-refractivity contribution in [3.8, 4) is 22.3 Å². The van der Waals surface area contributed by atoms with E-state index < -0.39 is 193 Å². The summed E-state index contributed by atoms with van der Waals surface area (Å²) in [5.74, 6) is -16.3. The first-order valence-electron chi connectivity index (χ1n) is 34.7. The number of carboxylic acids is 2. The zero-order valence-electron chi connectivity index (χ0n) is 60.0. The van der Waals surface area contributed by atoms with Crippen LogP contribution in [0.1, 0.15) is 89.1 Å². The number of primary amides is 1. The molecule has 0 spiro atoms. The Balaban J connectivity index is 1.04. The van der Waals surface area contributed by atoms with Gasteiger partial charge in [-0.3, -0.25) is 62.3 Å². The fraction of sp³-hybridized carbons (Fsp3) is 0.387. The van der Waals surface area contributed by atoms with Gasteiger partial charge in [-0.05, 0) is 98.9 Å². The molecule has 1 aliphatic rings. The predicted molar refractivity (Wildman–Crippen MR) is 387 cm³/mol. The zero-order valence-corrected chi connectivity index (χ0v) is 60.0. The van der Waals surface area contributed by atoms with E-state index in [4.69, 9.17) is 11.5 Å². The third kappa shape index (κ3) is 22.9. The number of aliphatic hydroxyl groups is 3. The van der Waals surface area contributed by atoms with Crippen LogP contribution in [0.3, 0.4) is 0 Å². The number of hydrogen-bond acceptors (Lipinski definition) is 18. The van der Waals surface area contributed by atoms with E-state index in [0.717, 1.165) is 49.1 Å². The van der Waals surface area contributed by atoms with Gasteiger partial charge in [0.25, 0.3) is 0 Å². The Kier molecular flexibility index (Phi) is 29.3. The number of nitrogens with one attached hydrogen (secondary N) is 10. The maximum Gasteiger partial charge on any atom is 0.305 e. The van der Waals surface area contributed by atoms with Crippen LogP contribution in [0.2, 0.25) is 0 Å². The second-order valence-electron chi connectivity index (χ2n) is 27.1. The highest BCUT2D eigenvalue weighted by Gasteiger charge is 2.48. The van der Waals surface area contributed by atoms with Crippen molar-refractivity contribution in [3.05, 3.63) is 174 Å². The highest BCUT2D eigenvalue weighted by molar-refractivity contribution is 6.01. The van der Waals surface area contributed by atoms with Crippen LogP contribution in [0.15, 0.2) is 146 Å². The minimum atomic E-state index is -2.42. The predicted octanol–water partition coefficient (Wildman–Crippen LogP) is -0.785. The highest BCUT2D eigenvalue weighted by Crippen LogP contribution is 2.31. The van der Waals surface area contributed by atoms with Crippen molar-refractivity contribution in [2.45, 2.75) is 164 Å². The number of carbonyl (C=O) groups excluding carboxylic acids is 11. The number of halogens is 1. The van der Waals surface area contributed by atoms with Crippen molar-refractivity contribution < 1.29 is 92.3 Å². The van der Waals surface area contributed by atoms with Crippen LogP contribution >= 0.6 is 0 Å². The second-order valence-corrected chi connectivity index (χ2v) is 27.1. The number of nitrogens with zero attached hydrogens (tertiary/aromatic N) is 2. The number of aromatic amines is 1. The topological polar surface area (TPSA) is 515 Å². The highest BCUT2D eigenvalue weighted by atomic mass is 19.1. The molecule has 7 rings (SSSR count). The fourth-order valence-corrected chi connectivity index (χ4v) is 12.2. The maximum absolute atomic E-state index is 15.5. The quantitative estimate of drug-likeness (QED) is 0.0226. The molecule has 0 bridgehead atoms. The largest absolute Gasteiger partial charge is 0.481 e. The lowest BCUT2D eigenvalue weighted by molar-refractivity contribution is -0.146. The summed E-state index contributed by atoms with van der Waals surface area (Å²) in [4.78, 5) is 187.